The Bertz CT molecular complexity index is 592. The first-order chi connectivity index (χ1) is 9.25. The third-order valence-electron chi connectivity index (χ3n) is 3.40. The molecule has 0 heterocycles. The molecule has 3 heteroatoms. The summed E-state index contributed by atoms with van der Waals surface area (Å²) in [6, 6.07) is 17.2. The second-order valence-corrected chi connectivity index (χ2v) is 4.74. The first-order valence-electron chi connectivity index (χ1n) is 6.30. The van der Waals surface area contributed by atoms with Crippen molar-refractivity contribution in [1.82, 2.24) is 0 Å². The molecule has 2 aromatic carbocycles. The van der Waals surface area contributed by atoms with Gasteiger partial charge in [-0.15, -0.1) is 0 Å². The average molecular weight is 254 g/mol. The summed E-state index contributed by atoms with van der Waals surface area (Å²) in [4.78, 5) is 11.0. The van der Waals surface area contributed by atoms with Gasteiger partial charge in [-0.25, -0.2) is 0 Å². The Morgan fingerprint density at radius 2 is 1.74 bits per heavy atom. The lowest BCUT2D eigenvalue weighted by Crippen LogP contribution is -1.99. The van der Waals surface area contributed by atoms with Crippen LogP contribution < -0.4 is 4.74 Å². The van der Waals surface area contributed by atoms with Gasteiger partial charge in [0.05, 0.1) is 5.92 Å². The maximum Gasteiger partial charge on any atom is 0.307 e. The zero-order valence-corrected chi connectivity index (χ0v) is 10.3. The Morgan fingerprint density at radius 1 is 1.05 bits per heavy atom. The standard InChI is InChI=1S/C16H14O3/c17-16(18)14-10-13(14)12-8-4-5-9-15(12)19-11-6-2-1-3-7-11/h1-9,13-14H,10H2,(H,17,18)/t13-,14+/m0/s1. The molecule has 19 heavy (non-hydrogen) atoms. The highest BCUT2D eigenvalue weighted by Gasteiger charge is 2.45. The topological polar surface area (TPSA) is 46.5 Å². The Labute approximate surface area is 111 Å². The van der Waals surface area contributed by atoms with E-state index >= 15 is 0 Å². The molecule has 0 spiro atoms. The van der Waals surface area contributed by atoms with Gasteiger partial charge in [0, 0.05) is 5.92 Å². The molecule has 1 aliphatic carbocycles. The minimum atomic E-state index is -0.723. The van der Waals surface area contributed by atoms with E-state index in [0.29, 0.717) is 6.42 Å². The van der Waals surface area contributed by atoms with E-state index in [4.69, 9.17) is 9.84 Å². The molecule has 1 fully saturated rings. The molecular formula is C16H14O3. The molecule has 1 N–H and O–H groups in total. The molecule has 0 radical (unpaired) electrons. The highest BCUT2D eigenvalue weighted by Crippen LogP contribution is 2.50. The van der Waals surface area contributed by atoms with Crippen molar-refractivity contribution in [2.75, 3.05) is 0 Å². The number of carboxylic acid groups (broad SMARTS) is 1. The summed E-state index contributed by atoms with van der Waals surface area (Å²) >= 11 is 0. The number of hydrogen-bond acceptors (Lipinski definition) is 2. The summed E-state index contributed by atoms with van der Waals surface area (Å²) in [6.07, 6.45) is 0.699. The summed E-state index contributed by atoms with van der Waals surface area (Å²) in [6.45, 7) is 0. The Hall–Kier alpha value is -2.29. The Kier molecular flexibility index (Phi) is 2.95. The van der Waals surface area contributed by atoms with Crippen LogP contribution in [-0.4, -0.2) is 11.1 Å². The molecule has 2 atom stereocenters. The number of para-hydroxylation sites is 2. The SMILES string of the molecule is O=C(O)[C@@H]1C[C@H]1c1ccccc1Oc1ccccc1. The van der Waals surface area contributed by atoms with Crippen LogP contribution in [0, 0.1) is 5.92 Å². The smallest absolute Gasteiger partial charge is 0.307 e. The second-order valence-electron chi connectivity index (χ2n) is 4.74. The second kappa shape index (κ2) is 4.76. The molecule has 0 amide bonds. The maximum absolute atomic E-state index is 11.0. The molecule has 0 bridgehead atoms. The van der Waals surface area contributed by atoms with Crippen molar-refractivity contribution in [3.05, 3.63) is 60.2 Å². The zero-order chi connectivity index (χ0) is 13.2. The van der Waals surface area contributed by atoms with Gasteiger partial charge in [-0.05, 0) is 30.2 Å². The molecule has 1 saturated carbocycles. The van der Waals surface area contributed by atoms with Crippen LogP contribution >= 0.6 is 0 Å². The van der Waals surface area contributed by atoms with E-state index in [1.165, 1.54) is 0 Å². The van der Waals surface area contributed by atoms with Crippen LogP contribution in [-0.2, 0) is 4.79 Å². The zero-order valence-electron chi connectivity index (χ0n) is 10.3. The highest BCUT2D eigenvalue weighted by atomic mass is 16.5. The van der Waals surface area contributed by atoms with Gasteiger partial charge in [-0.2, -0.15) is 0 Å². The van der Waals surface area contributed by atoms with E-state index in [0.717, 1.165) is 17.1 Å². The van der Waals surface area contributed by atoms with Gasteiger partial charge in [0.25, 0.3) is 0 Å². The van der Waals surface area contributed by atoms with E-state index in [9.17, 15) is 4.79 Å². The fourth-order valence-corrected chi connectivity index (χ4v) is 2.31. The number of aliphatic carboxylic acids is 1. The molecule has 0 saturated heterocycles. The van der Waals surface area contributed by atoms with Gasteiger partial charge >= 0.3 is 5.97 Å². The summed E-state index contributed by atoms with van der Waals surface area (Å²) < 4.78 is 5.85. The lowest BCUT2D eigenvalue weighted by molar-refractivity contribution is -0.138. The van der Waals surface area contributed by atoms with Crippen molar-refractivity contribution in [2.45, 2.75) is 12.3 Å². The fraction of sp³-hybridized carbons (Fsp3) is 0.188. The monoisotopic (exact) mass is 254 g/mol. The highest BCUT2D eigenvalue weighted by molar-refractivity contribution is 5.75. The van der Waals surface area contributed by atoms with Crippen LogP contribution in [0.3, 0.4) is 0 Å². The number of benzene rings is 2. The van der Waals surface area contributed by atoms with Crippen molar-refractivity contribution in [3.8, 4) is 11.5 Å². The Balaban J connectivity index is 1.85. The molecule has 3 rings (SSSR count). The van der Waals surface area contributed by atoms with Crippen LogP contribution in [0.1, 0.15) is 17.9 Å². The number of hydrogen-bond donors (Lipinski definition) is 1. The van der Waals surface area contributed by atoms with Crippen molar-refractivity contribution in [2.24, 2.45) is 5.92 Å². The number of carbonyl (C=O) groups is 1. The molecule has 0 unspecified atom stereocenters. The van der Waals surface area contributed by atoms with Crippen molar-refractivity contribution >= 4 is 5.97 Å². The molecule has 0 aliphatic heterocycles. The summed E-state index contributed by atoms with van der Waals surface area (Å²) in [5, 5.41) is 9.02. The van der Waals surface area contributed by atoms with E-state index in [-0.39, 0.29) is 11.8 Å². The molecular weight excluding hydrogens is 240 g/mol. The van der Waals surface area contributed by atoms with Gasteiger partial charge in [0.2, 0.25) is 0 Å². The maximum atomic E-state index is 11.0. The quantitative estimate of drug-likeness (QED) is 0.905. The van der Waals surface area contributed by atoms with Gasteiger partial charge in [-0.3, -0.25) is 4.79 Å². The predicted octanol–water partition coefficient (Wildman–Crippen LogP) is 3.67. The largest absolute Gasteiger partial charge is 0.481 e. The minimum absolute atomic E-state index is 0.0809. The molecule has 3 nitrogen and oxygen atoms in total. The van der Waals surface area contributed by atoms with Crippen LogP contribution in [0.25, 0.3) is 0 Å². The molecule has 2 aromatic rings. The van der Waals surface area contributed by atoms with Crippen LogP contribution in [0.15, 0.2) is 54.6 Å². The average Bonchev–Trinajstić information content (AvgIpc) is 3.21. The predicted molar refractivity (Wildman–Crippen MR) is 71.4 cm³/mol. The minimum Gasteiger partial charge on any atom is -0.481 e. The lowest BCUT2D eigenvalue weighted by Gasteiger charge is -2.10. The van der Waals surface area contributed by atoms with E-state index in [2.05, 4.69) is 0 Å². The molecule has 96 valence electrons. The van der Waals surface area contributed by atoms with Gasteiger partial charge < -0.3 is 9.84 Å². The van der Waals surface area contributed by atoms with Crippen molar-refractivity contribution in [1.29, 1.82) is 0 Å². The summed E-state index contributed by atoms with van der Waals surface area (Å²) in [7, 11) is 0. The van der Waals surface area contributed by atoms with Crippen LogP contribution in [0.5, 0.6) is 11.5 Å². The summed E-state index contributed by atoms with van der Waals surface area (Å²) in [5.41, 5.74) is 0.985. The van der Waals surface area contributed by atoms with E-state index < -0.39 is 5.97 Å². The van der Waals surface area contributed by atoms with E-state index in [1.807, 2.05) is 54.6 Å². The number of carboxylic acids is 1. The first kappa shape index (κ1) is 11.8. The van der Waals surface area contributed by atoms with Crippen molar-refractivity contribution < 1.29 is 14.6 Å². The molecule has 1 aliphatic rings. The lowest BCUT2D eigenvalue weighted by atomic mass is 10.1. The summed E-state index contributed by atoms with van der Waals surface area (Å²) in [5.74, 6) is 0.613. The first-order valence-corrected chi connectivity index (χ1v) is 6.30. The third-order valence-corrected chi connectivity index (χ3v) is 3.40. The van der Waals surface area contributed by atoms with E-state index in [1.54, 1.807) is 0 Å². The van der Waals surface area contributed by atoms with Crippen LogP contribution in [0.2, 0.25) is 0 Å². The van der Waals surface area contributed by atoms with Crippen molar-refractivity contribution in [3.63, 3.8) is 0 Å². The van der Waals surface area contributed by atoms with Gasteiger partial charge in [0.15, 0.2) is 0 Å². The normalized spacial score (nSPS) is 20.8. The van der Waals surface area contributed by atoms with Crippen LogP contribution in [0.4, 0.5) is 0 Å². The van der Waals surface area contributed by atoms with Gasteiger partial charge in [0.1, 0.15) is 11.5 Å². The number of rotatable bonds is 4. The van der Waals surface area contributed by atoms with Gasteiger partial charge in [-0.1, -0.05) is 36.4 Å². The third kappa shape index (κ3) is 2.45. The number of ether oxygens (including phenoxy) is 1. The fourth-order valence-electron chi connectivity index (χ4n) is 2.31. The molecule has 0 aromatic heterocycles. The Morgan fingerprint density at radius 3 is 2.42 bits per heavy atom.